The Morgan fingerprint density at radius 2 is 2.13 bits per heavy atom. The molecule has 1 aliphatic carbocycles. The van der Waals surface area contributed by atoms with E-state index in [0.29, 0.717) is 48.4 Å². The number of ether oxygens (including phenoxy) is 1. The number of likely N-dealkylation sites (N-methyl/N-ethyl adjacent to an activating group) is 1. The quantitative estimate of drug-likeness (QED) is 0.657. The molecule has 2 aliphatic rings. The molecule has 0 unspecified atom stereocenters. The van der Waals surface area contributed by atoms with Crippen molar-refractivity contribution < 1.29 is 18.7 Å². The van der Waals surface area contributed by atoms with E-state index < -0.39 is 0 Å². The van der Waals surface area contributed by atoms with Gasteiger partial charge in [0.1, 0.15) is 11.5 Å². The zero-order valence-corrected chi connectivity index (χ0v) is 17.5. The highest BCUT2D eigenvalue weighted by Crippen LogP contribution is 2.42. The summed E-state index contributed by atoms with van der Waals surface area (Å²) in [5.41, 5.74) is 2.84. The van der Waals surface area contributed by atoms with Gasteiger partial charge in [0, 0.05) is 49.3 Å². The number of carbonyl (C=O) groups is 2. The fourth-order valence-electron chi connectivity index (χ4n) is 4.40. The molecule has 2 aromatic heterocycles. The summed E-state index contributed by atoms with van der Waals surface area (Å²) in [5.74, 6) is -0.698. The van der Waals surface area contributed by atoms with Gasteiger partial charge >= 0.3 is 0 Å². The van der Waals surface area contributed by atoms with Gasteiger partial charge in [0.05, 0.1) is 18.7 Å². The number of aromatic nitrogens is 3. The second-order valence-electron chi connectivity index (χ2n) is 8.44. The molecule has 1 aromatic carbocycles. The first-order valence-corrected chi connectivity index (χ1v) is 10.3. The lowest BCUT2D eigenvalue weighted by Crippen LogP contribution is -2.43. The topological polar surface area (TPSA) is 94.3 Å². The lowest BCUT2D eigenvalue weighted by Gasteiger charge is -2.29. The summed E-state index contributed by atoms with van der Waals surface area (Å²) in [6.45, 7) is 1.29. The second kappa shape index (κ2) is 7.19. The van der Waals surface area contributed by atoms with Gasteiger partial charge in [-0.25, -0.2) is 4.39 Å². The molecule has 162 valence electrons. The van der Waals surface area contributed by atoms with Gasteiger partial charge in [-0.15, -0.1) is 0 Å². The molecular weight excluding hydrogens is 401 g/mol. The number of amides is 2. The second-order valence-corrected chi connectivity index (χ2v) is 8.44. The van der Waals surface area contributed by atoms with Crippen molar-refractivity contribution in [3.05, 3.63) is 52.7 Å². The Labute approximate surface area is 178 Å². The van der Waals surface area contributed by atoms with E-state index in [2.05, 4.69) is 15.2 Å². The van der Waals surface area contributed by atoms with Crippen LogP contribution in [0.5, 0.6) is 0 Å². The summed E-state index contributed by atoms with van der Waals surface area (Å²) in [6.07, 6.45) is 2.39. The summed E-state index contributed by atoms with van der Waals surface area (Å²) in [5, 5.41) is 7.91. The number of methoxy groups -OCH3 is 1. The first kappa shape index (κ1) is 19.7. The number of hydrogen-bond acceptors (Lipinski definition) is 4. The Hall–Kier alpha value is -3.20. The van der Waals surface area contributed by atoms with E-state index in [1.807, 2.05) is 0 Å². The Morgan fingerprint density at radius 3 is 2.87 bits per heavy atom. The van der Waals surface area contributed by atoms with Gasteiger partial charge in [0.2, 0.25) is 0 Å². The van der Waals surface area contributed by atoms with Gasteiger partial charge in [-0.1, -0.05) is 0 Å². The van der Waals surface area contributed by atoms with Crippen molar-refractivity contribution in [3.8, 4) is 0 Å². The molecule has 3 aromatic rings. The number of nitrogens with one attached hydrogen (secondary N) is 2. The molecule has 9 heteroatoms. The standard InChI is InChI=1S/C22H24FN5O3/c1-27(22(6-7-22)12-31-2)21(30)19-15-11-28(8-5-17(15)25-26-19)20(29)18-10-13-9-14(23)3-4-16(13)24-18/h3-4,9-10,24H,5-8,11-12H2,1-2H3,(H,25,26). The number of benzene rings is 1. The van der Waals surface area contributed by atoms with Gasteiger partial charge in [0.15, 0.2) is 5.69 Å². The third-order valence-electron chi connectivity index (χ3n) is 6.49. The average Bonchev–Trinajstić information content (AvgIpc) is 3.24. The number of carbonyl (C=O) groups excluding carboxylic acids is 2. The van der Waals surface area contributed by atoms with Crippen LogP contribution in [-0.4, -0.2) is 69.6 Å². The van der Waals surface area contributed by atoms with Crippen LogP contribution in [0.3, 0.4) is 0 Å². The summed E-state index contributed by atoms with van der Waals surface area (Å²) in [4.78, 5) is 32.8. The normalized spacial score (nSPS) is 16.9. The molecule has 0 bridgehead atoms. The third-order valence-corrected chi connectivity index (χ3v) is 6.49. The number of hydrogen-bond donors (Lipinski definition) is 2. The van der Waals surface area contributed by atoms with Crippen LogP contribution in [0, 0.1) is 5.82 Å². The van der Waals surface area contributed by atoms with Crippen LogP contribution in [-0.2, 0) is 17.7 Å². The molecule has 2 amide bonds. The summed E-state index contributed by atoms with van der Waals surface area (Å²) < 4.78 is 18.8. The van der Waals surface area contributed by atoms with Crippen molar-refractivity contribution in [2.45, 2.75) is 31.3 Å². The van der Waals surface area contributed by atoms with Crippen LogP contribution in [0.1, 0.15) is 45.1 Å². The van der Waals surface area contributed by atoms with Crippen molar-refractivity contribution in [1.82, 2.24) is 25.0 Å². The maximum absolute atomic E-state index is 13.5. The zero-order chi connectivity index (χ0) is 21.8. The lowest BCUT2D eigenvalue weighted by molar-refractivity contribution is 0.0541. The molecule has 5 rings (SSSR count). The molecule has 0 saturated heterocycles. The van der Waals surface area contributed by atoms with Crippen molar-refractivity contribution in [1.29, 1.82) is 0 Å². The van der Waals surface area contributed by atoms with Gasteiger partial charge in [-0.05, 0) is 37.1 Å². The Morgan fingerprint density at radius 1 is 1.32 bits per heavy atom. The Bertz CT molecular complexity index is 1180. The van der Waals surface area contributed by atoms with Crippen molar-refractivity contribution in [2.75, 3.05) is 27.3 Å². The molecule has 8 nitrogen and oxygen atoms in total. The third kappa shape index (κ3) is 3.29. The minimum Gasteiger partial charge on any atom is -0.382 e. The molecule has 0 atom stereocenters. The molecule has 3 heterocycles. The number of H-pyrrole nitrogens is 2. The lowest BCUT2D eigenvalue weighted by atomic mass is 10.0. The largest absolute Gasteiger partial charge is 0.382 e. The van der Waals surface area contributed by atoms with E-state index in [0.717, 1.165) is 24.1 Å². The number of nitrogens with zero attached hydrogens (tertiary/aromatic N) is 3. The summed E-state index contributed by atoms with van der Waals surface area (Å²) in [7, 11) is 3.42. The minimum absolute atomic E-state index is 0.164. The fourth-order valence-corrected chi connectivity index (χ4v) is 4.40. The van der Waals surface area contributed by atoms with Gasteiger partial charge < -0.3 is 19.5 Å². The molecule has 0 radical (unpaired) electrons. The number of fused-ring (bicyclic) bond motifs is 2. The predicted octanol–water partition coefficient (Wildman–Crippen LogP) is 2.48. The fraction of sp³-hybridized carbons (Fsp3) is 0.409. The highest BCUT2D eigenvalue weighted by atomic mass is 19.1. The van der Waals surface area contributed by atoms with E-state index >= 15 is 0 Å². The number of halogens is 1. The van der Waals surface area contributed by atoms with Crippen molar-refractivity contribution >= 4 is 22.7 Å². The SMILES string of the molecule is COCC1(N(C)C(=O)c2n[nH]c3c2CN(C(=O)c2cc4cc(F)ccc4[nH]2)CC3)CC1. The molecular formula is C22H24FN5O3. The van der Waals surface area contributed by atoms with Gasteiger partial charge in [-0.2, -0.15) is 5.10 Å². The molecule has 1 saturated carbocycles. The van der Waals surface area contributed by atoms with E-state index in [4.69, 9.17) is 4.74 Å². The van der Waals surface area contributed by atoms with Crippen LogP contribution in [0.4, 0.5) is 4.39 Å². The van der Waals surface area contributed by atoms with Crippen LogP contribution in [0.2, 0.25) is 0 Å². The van der Waals surface area contributed by atoms with Gasteiger partial charge in [0.25, 0.3) is 11.8 Å². The maximum Gasteiger partial charge on any atom is 0.274 e. The van der Waals surface area contributed by atoms with Crippen LogP contribution in [0.15, 0.2) is 24.3 Å². The van der Waals surface area contributed by atoms with Crippen LogP contribution < -0.4 is 0 Å². The summed E-state index contributed by atoms with van der Waals surface area (Å²) >= 11 is 0. The monoisotopic (exact) mass is 425 g/mol. The maximum atomic E-state index is 13.5. The van der Waals surface area contributed by atoms with E-state index in [9.17, 15) is 14.0 Å². The minimum atomic E-state index is -0.347. The van der Waals surface area contributed by atoms with Crippen molar-refractivity contribution in [3.63, 3.8) is 0 Å². The molecule has 0 spiro atoms. The predicted molar refractivity (Wildman–Crippen MR) is 111 cm³/mol. The molecule has 1 aliphatic heterocycles. The van der Waals surface area contributed by atoms with E-state index in [1.165, 1.54) is 12.1 Å². The smallest absolute Gasteiger partial charge is 0.274 e. The molecule has 2 N–H and O–H groups in total. The Balaban J connectivity index is 1.38. The van der Waals surface area contributed by atoms with Gasteiger partial charge in [-0.3, -0.25) is 14.7 Å². The molecule has 1 fully saturated rings. The summed E-state index contributed by atoms with van der Waals surface area (Å²) in [6, 6.07) is 6.03. The molecule has 31 heavy (non-hydrogen) atoms. The zero-order valence-electron chi connectivity index (χ0n) is 17.5. The highest BCUT2D eigenvalue weighted by molar-refractivity contribution is 5.99. The number of rotatable bonds is 5. The van der Waals surface area contributed by atoms with Crippen LogP contribution >= 0.6 is 0 Å². The first-order chi connectivity index (χ1) is 14.9. The first-order valence-electron chi connectivity index (χ1n) is 10.3. The Kier molecular flexibility index (Phi) is 4.58. The van der Waals surface area contributed by atoms with Crippen LogP contribution in [0.25, 0.3) is 10.9 Å². The van der Waals surface area contributed by atoms with E-state index in [1.54, 1.807) is 36.1 Å². The van der Waals surface area contributed by atoms with E-state index in [-0.39, 0.29) is 23.2 Å². The number of aromatic amines is 2. The van der Waals surface area contributed by atoms with Crippen molar-refractivity contribution in [2.24, 2.45) is 0 Å². The average molecular weight is 425 g/mol. The highest BCUT2D eigenvalue weighted by Gasteiger charge is 2.49.